The number of hydrogen-bond acceptors (Lipinski definition) is 7. The van der Waals surface area contributed by atoms with Gasteiger partial charge in [-0.1, -0.05) is 0 Å². The van der Waals surface area contributed by atoms with Crippen molar-refractivity contribution in [2.24, 2.45) is 11.5 Å². The number of benzene rings is 1. The smallest absolute Gasteiger partial charge is 0.234 e. The number of primary amides is 1. The fourth-order valence-electron chi connectivity index (χ4n) is 4.50. The number of nitriles is 1. The summed E-state index contributed by atoms with van der Waals surface area (Å²) in [4.78, 5) is 31.6. The molecule has 1 aliphatic heterocycles. The van der Waals surface area contributed by atoms with Gasteiger partial charge in [-0.25, -0.2) is 0 Å². The normalized spacial score (nSPS) is 15.8. The molecule has 0 bridgehead atoms. The molecule has 176 valence electrons. The number of rotatable bonds is 7. The zero-order chi connectivity index (χ0) is 24.4. The predicted molar refractivity (Wildman–Crippen MR) is 127 cm³/mol. The average Bonchev–Trinajstić information content (AvgIpc) is 3.11. The van der Waals surface area contributed by atoms with Gasteiger partial charge in [-0.2, -0.15) is 5.26 Å². The fraction of sp³-hybridized carbons (Fsp3) is 0.360. The number of amides is 1. The van der Waals surface area contributed by atoms with Crippen LogP contribution in [0.2, 0.25) is 0 Å². The molecule has 3 aromatic rings. The molecule has 1 fully saturated rings. The number of aromatic nitrogens is 2. The van der Waals surface area contributed by atoms with Gasteiger partial charge in [0.25, 0.3) is 0 Å². The number of nitrogens with zero attached hydrogens (tertiary/aromatic N) is 4. The zero-order valence-electron chi connectivity index (χ0n) is 19.1. The summed E-state index contributed by atoms with van der Waals surface area (Å²) in [7, 11) is 0. The Morgan fingerprint density at radius 3 is 2.56 bits per heavy atom. The highest BCUT2D eigenvalue weighted by molar-refractivity contribution is 6.09. The number of hydrogen-bond donors (Lipinski definition) is 3. The Morgan fingerprint density at radius 2 is 1.94 bits per heavy atom. The maximum atomic E-state index is 13.4. The molecule has 3 heterocycles. The maximum absolute atomic E-state index is 13.4. The molecular formula is C25H28N6O3. The largest absolute Gasteiger partial charge is 0.393 e. The van der Waals surface area contributed by atoms with Crippen molar-refractivity contribution in [3.05, 3.63) is 58.9 Å². The van der Waals surface area contributed by atoms with E-state index < -0.39 is 11.9 Å². The lowest BCUT2D eigenvalue weighted by Gasteiger charge is -2.28. The number of aliphatic hydroxyl groups is 1. The Morgan fingerprint density at radius 1 is 1.26 bits per heavy atom. The van der Waals surface area contributed by atoms with Gasteiger partial charge in [0.15, 0.2) is 5.78 Å². The van der Waals surface area contributed by atoms with E-state index in [2.05, 4.69) is 16.0 Å². The van der Waals surface area contributed by atoms with Crippen LogP contribution in [0.3, 0.4) is 0 Å². The minimum atomic E-state index is -0.839. The highest BCUT2D eigenvalue weighted by atomic mass is 16.3. The summed E-state index contributed by atoms with van der Waals surface area (Å²) >= 11 is 0. The number of carbonyl (C=O) groups excluding carboxylic acids is 2. The van der Waals surface area contributed by atoms with E-state index in [-0.39, 0.29) is 24.9 Å². The molecule has 1 aliphatic rings. The van der Waals surface area contributed by atoms with Crippen LogP contribution in [0, 0.1) is 18.3 Å². The van der Waals surface area contributed by atoms with E-state index in [0.717, 1.165) is 16.9 Å². The highest BCUT2D eigenvalue weighted by Gasteiger charge is 2.26. The second kappa shape index (κ2) is 9.73. The van der Waals surface area contributed by atoms with Crippen LogP contribution in [-0.2, 0) is 11.2 Å². The minimum absolute atomic E-state index is 0.0413. The summed E-state index contributed by atoms with van der Waals surface area (Å²) in [5.74, 6) is -0.637. The average molecular weight is 461 g/mol. The SMILES string of the molecule is Cc1c(C(=O)CN2CCC(O)CC2)c2ncc(CC(N)C(N)=O)cc2n1-c1ccc(C#N)cc1. The first kappa shape index (κ1) is 23.6. The van der Waals surface area contributed by atoms with Gasteiger partial charge in [0, 0.05) is 30.7 Å². The molecular weight excluding hydrogens is 432 g/mol. The fourth-order valence-corrected chi connectivity index (χ4v) is 4.50. The molecule has 2 aromatic heterocycles. The lowest BCUT2D eigenvalue weighted by atomic mass is 10.0. The lowest BCUT2D eigenvalue weighted by Crippen LogP contribution is -2.39. The standard InChI is InChI=1S/C25H28N6O3/c1-15-23(22(33)14-30-8-6-19(32)7-9-30)24-21(11-17(13-29-24)10-20(27)25(28)34)31(15)18-4-2-16(12-26)3-5-18/h2-5,11,13,19-20,32H,6-10,14,27H2,1H3,(H2,28,34). The van der Waals surface area contributed by atoms with E-state index in [1.165, 1.54) is 0 Å². The molecule has 9 nitrogen and oxygen atoms in total. The van der Waals surface area contributed by atoms with Gasteiger partial charge in [-0.05, 0) is 62.1 Å². The van der Waals surface area contributed by atoms with Crippen LogP contribution >= 0.6 is 0 Å². The molecule has 1 unspecified atom stereocenters. The minimum Gasteiger partial charge on any atom is -0.393 e. The maximum Gasteiger partial charge on any atom is 0.234 e. The van der Waals surface area contributed by atoms with Crippen LogP contribution in [0.25, 0.3) is 16.7 Å². The van der Waals surface area contributed by atoms with Crippen molar-refractivity contribution in [2.75, 3.05) is 19.6 Å². The van der Waals surface area contributed by atoms with Gasteiger partial charge in [0.2, 0.25) is 5.91 Å². The van der Waals surface area contributed by atoms with E-state index in [4.69, 9.17) is 16.7 Å². The molecule has 0 radical (unpaired) electrons. The van der Waals surface area contributed by atoms with E-state index in [1.54, 1.807) is 18.3 Å². The van der Waals surface area contributed by atoms with E-state index in [0.29, 0.717) is 48.1 Å². The molecule has 0 spiro atoms. The Balaban J connectivity index is 1.78. The van der Waals surface area contributed by atoms with Crippen molar-refractivity contribution < 1.29 is 14.7 Å². The molecule has 9 heteroatoms. The predicted octanol–water partition coefficient (Wildman–Crippen LogP) is 1.20. The van der Waals surface area contributed by atoms with Crippen LogP contribution in [0.5, 0.6) is 0 Å². The molecule has 5 N–H and O–H groups in total. The van der Waals surface area contributed by atoms with Gasteiger partial charge < -0.3 is 21.1 Å². The van der Waals surface area contributed by atoms with Crippen molar-refractivity contribution in [1.29, 1.82) is 5.26 Å². The lowest BCUT2D eigenvalue weighted by molar-refractivity contribution is -0.119. The molecule has 34 heavy (non-hydrogen) atoms. The quantitative estimate of drug-likeness (QED) is 0.448. The van der Waals surface area contributed by atoms with Crippen LogP contribution in [0.15, 0.2) is 36.5 Å². The monoisotopic (exact) mass is 460 g/mol. The van der Waals surface area contributed by atoms with Gasteiger partial charge in [0.1, 0.15) is 0 Å². The number of likely N-dealkylation sites (tertiary alicyclic amines) is 1. The summed E-state index contributed by atoms with van der Waals surface area (Å²) in [6.07, 6.45) is 2.86. The van der Waals surface area contributed by atoms with Gasteiger partial charge in [-0.15, -0.1) is 0 Å². The molecule has 1 atom stereocenters. The first-order chi connectivity index (χ1) is 16.3. The van der Waals surface area contributed by atoms with Crippen molar-refractivity contribution in [2.45, 2.75) is 38.3 Å². The number of carbonyl (C=O) groups is 2. The van der Waals surface area contributed by atoms with Gasteiger partial charge in [-0.3, -0.25) is 19.5 Å². The van der Waals surface area contributed by atoms with E-state index in [9.17, 15) is 14.7 Å². The zero-order valence-corrected chi connectivity index (χ0v) is 19.1. The second-order valence-electron chi connectivity index (χ2n) is 8.81. The summed E-state index contributed by atoms with van der Waals surface area (Å²) in [5.41, 5.74) is 15.8. The molecule has 0 aliphatic carbocycles. The van der Waals surface area contributed by atoms with Crippen molar-refractivity contribution in [1.82, 2.24) is 14.5 Å². The Labute approximate surface area is 197 Å². The van der Waals surface area contributed by atoms with Gasteiger partial charge >= 0.3 is 0 Å². The summed E-state index contributed by atoms with van der Waals surface area (Å²) in [5, 5.41) is 18.9. The highest BCUT2D eigenvalue weighted by Crippen LogP contribution is 2.30. The van der Waals surface area contributed by atoms with E-state index >= 15 is 0 Å². The number of fused-ring (bicyclic) bond motifs is 1. The topological polar surface area (TPSA) is 151 Å². The third-order valence-electron chi connectivity index (χ3n) is 6.38. The summed E-state index contributed by atoms with van der Waals surface area (Å²) in [6.45, 7) is 3.46. The Kier molecular flexibility index (Phi) is 6.75. The molecule has 4 rings (SSSR count). The molecule has 0 saturated carbocycles. The number of aliphatic hydroxyl groups excluding tert-OH is 1. The van der Waals surface area contributed by atoms with Crippen molar-refractivity contribution in [3.63, 3.8) is 0 Å². The number of Topliss-reactive ketones (excluding diaryl/α,β-unsaturated/α-hetero) is 1. The van der Waals surface area contributed by atoms with Crippen LogP contribution in [0.1, 0.15) is 40.0 Å². The third kappa shape index (κ3) is 4.70. The first-order valence-corrected chi connectivity index (χ1v) is 11.3. The molecule has 1 saturated heterocycles. The number of ketones is 1. The van der Waals surface area contributed by atoms with E-state index in [1.807, 2.05) is 29.7 Å². The number of nitrogens with two attached hydrogens (primary N) is 2. The number of piperidine rings is 1. The van der Waals surface area contributed by atoms with Crippen LogP contribution < -0.4 is 11.5 Å². The second-order valence-corrected chi connectivity index (χ2v) is 8.81. The van der Waals surface area contributed by atoms with Crippen LogP contribution in [-0.4, -0.2) is 63.0 Å². The molecule has 1 aromatic carbocycles. The summed E-state index contributed by atoms with van der Waals surface area (Å²) in [6, 6.07) is 10.3. The third-order valence-corrected chi connectivity index (χ3v) is 6.38. The summed E-state index contributed by atoms with van der Waals surface area (Å²) < 4.78 is 1.94. The Hall–Kier alpha value is -3.58. The van der Waals surface area contributed by atoms with Gasteiger partial charge in [0.05, 0.1) is 46.9 Å². The Bertz CT molecular complexity index is 1270. The van der Waals surface area contributed by atoms with Crippen LogP contribution in [0.4, 0.5) is 0 Å². The molecule has 1 amide bonds. The van der Waals surface area contributed by atoms with Crippen molar-refractivity contribution in [3.8, 4) is 11.8 Å². The first-order valence-electron chi connectivity index (χ1n) is 11.3. The van der Waals surface area contributed by atoms with Crippen molar-refractivity contribution >= 4 is 22.7 Å². The number of pyridine rings is 1.